The van der Waals surface area contributed by atoms with Gasteiger partial charge in [-0.25, -0.2) is 9.97 Å². The number of anilines is 3. The zero-order chi connectivity index (χ0) is 21.2. The molecule has 4 aromatic rings. The number of aromatic nitrogens is 2. The molecule has 0 aliphatic carbocycles. The van der Waals surface area contributed by atoms with Gasteiger partial charge in [0.2, 0.25) is 0 Å². The van der Waals surface area contributed by atoms with E-state index in [1.807, 2.05) is 0 Å². The van der Waals surface area contributed by atoms with Crippen molar-refractivity contribution >= 4 is 38.7 Å². The lowest BCUT2D eigenvalue weighted by Gasteiger charge is -2.28. The summed E-state index contributed by atoms with van der Waals surface area (Å²) in [6.45, 7) is 7.89. The number of morpholine rings is 1. The minimum absolute atomic E-state index is 0.522. The molecule has 0 bridgehead atoms. The van der Waals surface area contributed by atoms with E-state index in [1.165, 1.54) is 22.4 Å². The topological polar surface area (TPSA) is 50.3 Å². The Labute approximate surface area is 186 Å². The van der Waals surface area contributed by atoms with Gasteiger partial charge in [0.25, 0.3) is 0 Å². The van der Waals surface area contributed by atoms with E-state index in [1.54, 1.807) is 17.7 Å². The summed E-state index contributed by atoms with van der Waals surface area (Å²) in [7, 11) is 0. The molecule has 2 aromatic carbocycles. The van der Waals surface area contributed by atoms with E-state index in [9.17, 15) is 0 Å². The number of hydrogen-bond acceptors (Lipinski definition) is 6. The average Bonchev–Trinajstić information content (AvgIpc) is 3.25. The predicted octanol–water partition coefficient (Wildman–Crippen LogP) is 6.06. The smallest absolute Gasteiger partial charge is 0.143 e. The first kappa shape index (κ1) is 20.0. The highest BCUT2D eigenvalue weighted by Gasteiger charge is 2.15. The molecule has 158 valence electrons. The summed E-state index contributed by atoms with van der Waals surface area (Å²) in [4.78, 5) is 12.4. The summed E-state index contributed by atoms with van der Waals surface area (Å²) < 4.78 is 5.46. The van der Waals surface area contributed by atoms with E-state index in [0.717, 1.165) is 48.0 Å². The summed E-state index contributed by atoms with van der Waals surface area (Å²) >= 11 is 1.66. The van der Waals surface area contributed by atoms with Crippen LogP contribution < -0.4 is 10.2 Å². The molecule has 0 saturated carbocycles. The van der Waals surface area contributed by atoms with Gasteiger partial charge in [-0.15, -0.1) is 11.3 Å². The van der Waals surface area contributed by atoms with Crippen LogP contribution in [0.5, 0.6) is 0 Å². The molecular weight excluding hydrogens is 404 g/mol. The van der Waals surface area contributed by atoms with Crippen molar-refractivity contribution in [1.82, 2.24) is 9.97 Å². The van der Waals surface area contributed by atoms with Gasteiger partial charge in [-0.05, 0) is 41.3 Å². The number of rotatable bonds is 5. The third-order valence-electron chi connectivity index (χ3n) is 5.76. The lowest BCUT2D eigenvalue weighted by molar-refractivity contribution is 0.122. The zero-order valence-electron chi connectivity index (χ0n) is 17.8. The van der Waals surface area contributed by atoms with E-state index in [2.05, 4.69) is 87.9 Å². The highest BCUT2D eigenvalue weighted by Crippen LogP contribution is 2.38. The Morgan fingerprint density at radius 3 is 2.42 bits per heavy atom. The molecule has 0 amide bonds. The second-order valence-electron chi connectivity index (χ2n) is 8.10. The second-order valence-corrected chi connectivity index (χ2v) is 8.96. The number of fused-ring (bicyclic) bond motifs is 1. The van der Waals surface area contributed by atoms with Gasteiger partial charge in [0.15, 0.2) is 0 Å². The summed E-state index contributed by atoms with van der Waals surface area (Å²) in [6, 6.07) is 17.4. The van der Waals surface area contributed by atoms with Crippen molar-refractivity contribution < 1.29 is 4.74 Å². The van der Waals surface area contributed by atoms with Crippen LogP contribution >= 0.6 is 11.3 Å². The van der Waals surface area contributed by atoms with E-state index in [0.29, 0.717) is 5.92 Å². The maximum atomic E-state index is 5.46. The molecule has 1 saturated heterocycles. The van der Waals surface area contributed by atoms with E-state index >= 15 is 0 Å². The third kappa shape index (κ3) is 4.13. The Bertz CT molecular complexity index is 1160. The quantitative estimate of drug-likeness (QED) is 0.417. The normalized spacial score (nSPS) is 14.4. The van der Waals surface area contributed by atoms with Crippen LogP contribution in [0.2, 0.25) is 0 Å². The zero-order valence-corrected chi connectivity index (χ0v) is 18.7. The maximum absolute atomic E-state index is 5.46. The van der Waals surface area contributed by atoms with Crippen LogP contribution in [0.3, 0.4) is 0 Å². The van der Waals surface area contributed by atoms with Crippen LogP contribution in [0, 0.1) is 0 Å². The fourth-order valence-electron chi connectivity index (χ4n) is 3.94. The van der Waals surface area contributed by atoms with Crippen LogP contribution in [0.4, 0.5) is 17.2 Å². The van der Waals surface area contributed by atoms with E-state index in [-0.39, 0.29) is 0 Å². The number of benzene rings is 2. The highest BCUT2D eigenvalue weighted by molar-refractivity contribution is 7.17. The van der Waals surface area contributed by atoms with Crippen LogP contribution in [-0.4, -0.2) is 36.3 Å². The van der Waals surface area contributed by atoms with Gasteiger partial charge in [-0.3, -0.25) is 0 Å². The lowest BCUT2D eigenvalue weighted by atomic mass is 9.99. The molecule has 5 rings (SSSR count). The van der Waals surface area contributed by atoms with Gasteiger partial charge in [0, 0.05) is 35.4 Å². The Balaban J connectivity index is 1.44. The minimum Gasteiger partial charge on any atom is -0.378 e. The number of thiophene rings is 1. The SMILES string of the molecule is CC(C)c1ccc(-c2csc3ncnc(Nc4ccc(N5CCOCC5)cc4)c23)cc1. The standard InChI is InChI=1S/C25H26N4OS/c1-17(2)18-3-5-19(6-4-18)22-15-31-25-23(22)24(26-16-27-25)28-20-7-9-21(10-8-20)29-11-13-30-14-12-29/h3-10,15-17H,11-14H2,1-2H3,(H,26,27,28). The van der Waals surface area contributed by atoms with Gasteiger partial charge in [0.05, 0.1) is 18.6 Å². The second kappa shape index (κ2) is 8.65. The molecule has 0 atom stereocenters. The molecule has 31 heavy (non-hydrogen) atoms. The van der Waals surface area contributed by atoms with Crippen molar-refractivity contribution in [3.05, 3.63) is 65.8 Å². The van der Waals surface area contributed by atoms with Crippen molar-refractivity contribution in [2.75, 3.05) is 36.5 Å². The molecule has 1 aliphatic heterocycles. The summed E-state index contributed by atoms with van der Waals surface area (Å²) in [5, 5.41) is 6.76. The first-order valence-electron chi connectivity index (χ1n) is 10.7. The van der Waals surface area contributed by atoms with Crippen molar-refractivity contribution in [1.29, 1.82) is 0 Å². The van der Waals surface area contributed by atoms with Crippen molar-refractivity contribution in [2.24, 2.45) is 0 Å². The number of nitrogens with one attached hydrogen (secondary N) is 1. The lowest BCUT2D eigenvalue weighted by Crippen LogP contribution is -2.36. The first-order valence-corrected chi connectivity index (χ1v) is 11.6. The molecule has 2 aromatic heterocycles. The van der Waals surface area contributed by atoms with Crippen LogP contribution in [0.15, 0.2) is 60.2 Å². The van der Waals surface area contributed by atoms with Crippen LogP contribution in [0.1, 0.15) is 25.3 Å². The summed E-state index contributed by atoms with van der Waals surface area (Å²) in [5.74, 6) is 1.36. The minimum atomic E-state index is 0.522. The average molecular weight is 431 g/mol. The molecule has 0 spiro atoms. The Kier molecular flexibility index (Phi) is 5.57. The van der Waals surface area contributed by atoms with Crippen molar-refractivity contribution in [3.8, 4) is 11.1 Å². The Morgan fingerprint density at radius 2 is 1.71 bits per heavy atom. The Morgan fingerprint density at radius 1 is 0.968 bits per heavy atom. The molecule has 3 heterocycles. The van der Waals surface area contributed by atoms with Crippen molar-refractivity contribution in [2.45, 2.75) is 19.8 Å². The number of hydrogen-bond donors (Lipinski definition) is 1. The Hall–Kier alpha value is -2.96. The summed E-state index contributed by atoms with van der Waals surface area (Å²) in [6.07, 6.45) is 1.63. The highest BCUT2D eigenvalue weighted by atomic mass is 32.1. The van der Waals surface area contributed by atoms with E-state index < -0.39 is 0 Å². The predicted molar refractivity (Wildman–Crippen MR) is 130 cm³/mol. The molecule has 1 N–H and O–H groups in total. The van der Waals surface area contributed by atoms with Crippen LogP contribution in [0.25, 0.3) is 21.3 Å². The monoisotopic (exact) mass is 430 g/mol. The third-order valence-corrected chi connectivity index (χ3v) is 6.65. The molecule has 0 radical (unpaired) electrons. The fraction of sp³-hybridized carbons (Fsp3) is 0.280. The molecule has 0 unspecified atom stereocenters. The van der Waals surface area contributed by atoms with Gasteiger partial charge in [-0.2, -0.15) is 0 Å². The van der Waals surface area contributed by atoms with Gasteiger partial charge >= 0.3 is 0 Å². The van der Waals surface area contributed by atoms with Crippen LogP contribution in [-0.2, 0) is 4.74 Å². The van der Waals surface area contributed by atoms with E-state index in [4.69, 9.17) is 4.74 Å². The summed E-state index contributed by atoms with van der Waals surface area (Å²) in [5.41, 5.74) is 5.95. The molecular formula is C25H26N4OS. The molecule has 5 nitrogen and oxygen atoms in total. The fourth-order valence-corrected chi connectivity index (χ4v) is 4.86. The maximum Gasteiger partial charge on any atom is 0.143 e. The number of nitrogens with zero attached hydrogens (tertiary/aromatic N) is 3. The molecule has 6 heteroatoms. The largest absolute Gasteiger partial charge is 0.378 e. The molecule has 1 fully saturated rings. The van der Waals surface area contributed by atoms with Gasteiger partial charge in [0.1, 0.15) is 17.0 Å². The van der Waals surface area contributed by atoms with Gasteiger partial charge in [-0.1, -0.05) is 38.1 Å². The molecule has 1 aliphatic rings. The van der Waals surface area contributed by atoms with Gasteiger partial charge < -0.3 is 15.0 Å². The first-order chi connectivity index (χ1) is 15.2. The van der Waals surface area contributed by atoms with Crippen molar-refractivity contribution in [3.63, 3.8) is 0 Å². The number of ether oxygens (including phenoxy) is 1.